The van der Waals surface area contributed by atoms with E-state index in [-0.39, 0.29) is 17.2 Å². The van der Waals surface area contributed by atoms with Gasteiger partial charge in [-0.15, -0.1) is 0 Å². The maximum atomic E-state index is 15.8. The van der Waals surface area contributed by atoms with Crippen LogP contribution in [0, 0.1) is 12.7 Å². The lowest BCUT2D eigenvalue weighted by Gasteiger charge is -2.36. The lowest BCUT2D eigenvalue weighted by Crippen LogP contribution is -2.44. The first-order chi connectivity index (χ1) is 18.3. The van der Waals surface area contributed by atoms with Crippen molar-refractivity contribution in [2.24, 2.45) is 0 Å². The summed E-state index contributed by atoms with van der Waals surface area (Å²) >= 11 is 0. The third-order valence-electron chi connectivity index (χ3n) is 7.37. The molecule has 1 N–H and O–H groups in total. The molecular weight excluding hydrogens is 477 g/mol. The molecule has 0 saturated carbocycles. The van der Waals surface area contributed by atoms with Crippen molar-refractivity contribution < 1.29 is 9.50 Å². The van der Waals surface area contributed by atoms with Gasteiger partial charge in [0, 0.05) is 43.2 Å². The summed E-state index contributed by atoms with van der Waals surface area (Å²) in [5, 5.41) is 10.8. The number of aryl methyl sites for hydroxylation is 1. The first-order valence-electron chi connectivity index (χ1n) is 13.2. The highest BCUT2D eigenvalue weighted by molar-refractivity contribution is 5.96. The van der Waals surface area contributed by atoms with Crippen LogP contribution in [0.15, 0.2) is 77.7 Å². The molecule has 1 aliphatic heterocycles. The molecule has 1 saturated heterocycles. The summed E-state index contributed by atoms with van der Waals surface area (Å²) in [6.45, 7) is 11.4. The summed E-state index contributed by atoms with van der Waals surface area (Å²) < 4.78 is 17.5. The maximum Gasteiger partial charge on any atom is 0.257 e. The van der Waals surface area contributed by atoms with Gasteiger partial charge in [0.1, 0.15) is 11.6 Å². The molecule has 6 heteroatoms. The first kappa shape index (κ1) is 25.6. The molecule has 0 spiro atoms. The van der Waals surface area contributed by atoms with Gasteiger partial charge >= 0.3 is 0 Å². The standard InChI is InChI=1S/C32H34FN3O2/c1-5-12-34-13-15-35(16-14-34)29-20-31(38)36(32-22(4)8-6-11-25(32)21(2)3)30-19-26(28(33)18-27(29)30)23-9-7-10-24(37)17-23/h5-12,17-21,37H,13-16H2,1-4H3. The van der Waals surface area contributed by atoms with Crippen LogP contribution in [-0.2, 0) is 0 Å². The molecule has 1 fully saturated rings. The Kier molecular flexibility index (Phi) is 6.98. The molecule has 1 aromatic heterocycles. The molecule has 5 rings (SSSR count). The fourth-order valence-electron chi connectivity index (χ4n) is 5.49. The summed E-state index contributed by atoms with van der Waals surface area (Å²) in [5.41, 5.74) is 5.05. The summed E-state index contributed by atoms with van der Waals surface area (Å²) in [7, 11) is 0. The molecule has 1 aliphatic rings. The van der Waals surface area contributed by atoms with Gasteiger partial charge < -0.3 is 14.9 Å². The molecule has 4 aromatic rings. The number of nitrogens with zero attached hydrogens (tertiary/aromatic N) is 3. The number of allylic oxidation sites excluding steroid dienone is 1. The Morgan fingerprint density at radius 2 is 1.71 bits per heavy atom. The van der Waals surface area contributed by atoms with Crippen LogP contribution in [-0.4, -0.2) is 40.8 Å². The molecule has 38 heavy (non-hydrogen) atoms. The van der Waals surface area contributed by atoms with E-state index in [0.29, 0.717) is 22.0 Å². The van der Waals surface area contributed by atoms with Gasteiger partial charge in [0.2, 0.25) is 0 Å². The highest BCUT2D eigenvalue weighted by atomic mass is 19.1. The number of hydrogen-bond donors (Lipinski definition) is 1. The van der Waals surface area contributed by atoms with Crippen LogP contribution in [0.4, 0.5) is 10.1 Å². The number of rotatable bonds is 5. The Labute approximate surface area is 223 Å². The molecule has 3 aromatic carbocycles. The number of phenolic OH excluding ortho intramolecular Hbond substituents is 1. The van der Waals surface area contributed by atoms with Gasteiger partial charge in [-0.1, -0.05) is 50.3 Å². The third kappa shape index (κ3) is 4.67. The zero-order chi connectivity index (χ0) is 27.0. The highest BCUT2D eigenvalue weighted by Crippen LogP contribution is 2.36. The van der Waals surface area contributed by atoms with Crippen molar-refractivity contribution in [2.45, 2.75) is 33.6 Å². The molecule has 0 radical (unpaired) electrons. The summed E-state index contributed by atoms with van der Waals surface area (Å²) in [4.78, 5) is 18.4. The van der Waals surface area contributed by atoms with Gasteiger partial charge in [-0.25, -0.2) is 4.39 Å². The molecule has 2 heterocycles. The second-order valence-corrected chi connectivity index (χ2v) is 10.3. The molecule has 196 valence electrons. The van der Waals surface area contributed by atoms with Crippen LogP contribution >= 0.6 is 0 Å². The van der Waals surface area contributed by atoms with E-state index in [1.54, 1.807) is 47.0 Å². The molecule has 0 aliphatic carbocycles. The van der Waals surface area contributed by atoms with Crippen LogP contribution in [0.1, 0.15) is 37.8 Å². The van der Waals surface area contributed by atoms with E-state index >= 15 is 4.39 Å². The zero-order valence-corrected chi connectivity index (χ0v) is 22.4. The number of fused-ring (bicyclic) bond motifs is 1. The quantitative estimate of drug-likeness (QED) is 0.328. The molecule has 0 unspecified atom stereocenters. The van der Waals surface area contributed by atoms with Crippen LogP contribution in [0.25, 0.3) is 27.7 Å². The average Bonchev–Trinajstić information content (AvgIpc) is 2.89. The number of anilines is 1. The highest BCUT2D eigenvalue weighted by Gasteiger charge is 2.23. The van der Waals surface area contributed by atoms with Gasteiger partial charge in [-0.3, -0.25) is 9.36 Å². The van der Waals surface area contributed by atoms with Gasteiger partial charge in [0.25, 0.3) is 5.56 Å². The van der Waals surface area contributed by atoms with Crippen molar-refractivity contribution >= 4 is 16.6 Å². The van der Waals surface area contributed by atoms with Gasteiger partial charge in [-0.2, -0.15) is 0 Å². The zero-order valence-electron chi connectivity index (χ0n) is 22.4. The second kappa shape index (κ2) is 10.4. The summed E-state index contributed by atoms with van der Waals surface area (Å²) in [5.74, 6) is -0.138. The Hall–Kier alpha value is -4.06. The Morgan fingerprint density at radius 1 is 0.974 bits per heavy atom. The number of halogens is 1. The van der Waals surface area contributed by atoms with Crippen LogP contribution < -0.4 is 10.5 Å². The van der Waals surface area contributed by atoms with E-state index in [4.69, 9.17) is 0 Å². The van der Waals surface area contributed by atoms with E-state index < -0.39 is 5.82 Å². The molecule has 0 atom stereocenters. The van der Waals surface area contributed by atoms with E-state index in [9.17, 15) is 9.90 Å². The molecule has 5 nitrogen and oxygen atoms in total. The van der Waals surface area contributed by atoms with Crippen molar-refractivity contribution in [1.29, 1.82) is 0 Å². The number of piperazine rings is 1. The van der Waals surface area contributed by atoms with Crippen molar-refractivity contribution in [3.8, 4) is 22.6 Å². The number of phenols is 1. The Morgan fingerprint density at radius 3 is 2.39 bits per heavy atom. The molecule has 0 bridgehead atoms. The number of pyridine rings is 1. The summed E-state index contributed by atoms with van der Waals surface area (Å²) in [6, 6.07) is 17.6. The van der Waals surface area contributed by atoms with Crippen LogP contribution in [0.2, 0.25) is 0 Å². The Balaban J connectivity index is 1.80. The minimum absolute atomic E-state index is 0.0631. The predicted octanol–water partition coefficient (Wildman–Crippen LogP) is 6.59. The molecular formula is C32H34FN3O2. The Bertz CT molecular complexity index is 1580. The monoisotopic (exact) mass is 511 g/mol. The van der Waals surface area contributed by atoms with Crippen LogP contribution in [0.3, 0.4) is 0 Å². The fourth-order valence-corrected chi connectivity index (χ4v) is 5.49. The predicted molar refractivity (Wildman–Crippen MR) is 154 cm³/mol. The summed E-state index contributed by atoms with van der Waals surface area (Å²) in [6.07, 6.45) is 4.11. The fraction of sp³-hybridized carbons (Fsp3) is 0.281. The van der Waals surface area contributed by atoms with E-state index in [1.165, 1.54) is 0 Å². The lowest BCUT2D eigenvalue weighted by atomic mass is 9.96. The number of aromatic hydroxyl groups is 1. The second-order valence-electron chi connectivity index (χ2n) is 10.3. The van der Waals surface area contributed by atoms with Gasteiger partial charge in [0.05, 0.1) is 16.9 Å². The third-order valence-corrected chi connectivity index (χ3v) is 7.37. The van der Waals surface area contributed by atoms with Gasteiger partial charge in [-0.05, 0) is 66.9 Å². The maximum absolute atomic E-state index is 15.8. The van der Waals surface area contributed by atoms with Crippen molar-refractivity contribution in [3.63, 3.8) is 0 Å². The van der Waals surface area contributed by atoms with E-state index in [0.717, 1.165) is 48.7 Å². The number of aromatic nitrogens is 1. The van der Waals surface area contributed by atoms with Gasteiger partial charge in [0.15, 0.2) is 0 Å². The van der Waals surface area contributed by atoms with Crippen LogP contribution in [0.5, 0.6) is 5.75 Å². The minimum atomic E-state index is -0.393. The van der Waals surface area contributed by atoms with Crippen molar-refractivity contribution in [1.82, 2.24) is 9.47 Å². The number of benzene rings is 3. The smallest absolute Gasteiger partial charge is 0.257 e. The largest absolute Gasteiger partial charge is 0.508 e. The van der Waals surface area contributed by atoms with Crippen molar-refractivity contribution in [3.05, 3.63) is 100 Å². The number of hydrogen-bond acceptors (Lipinski definition) is 4. The normalized spacial score (nSPS) is 14.3. The average molecular weight is 512 g/mol. The SMILES string of the molecule is CC=CN1CCN(c2cc(=O)n(-c3c(C)cccc3C(C)C)c3cc(-c4cccc(O)c4)c(F)cc23)CC1. The minimum Gasteiger partial charge on any atom is -0.508 e. The molecule has 0 amide bonds. The van der Waals surface area contributed by atoms with E-state index in [1.807, 2.05) is 32.1 Å². The first-order valence-corrected chi connectivity index (χ1v) is 13.2. The topological polar surface area (TPSA) is 48.7 Å². The lowest BCUT2D eigenvalue weighted by molar-refractivity contribution is 0.349. The van der Waals surface area contributed by atoms with E-state index in [2.05, 4.69) is 35.9 Å². The van der Waals surface area contributed by atoms with Crippen molar-refractivity contribution in [2.75, 3.05) is 31.1 Å². The number of para-hydroxylation sites is 1.